The predicted octanol–water partition coefficient (Wildman–Crippen LogP) is 2.08. The summed E-state index contributed by atoms with van der Waals surface area (Å²) in [5.74, 6) is 0.344. The number of aryl methyl sites for hydroxylation is 1. The molecule has 0 aliphatic heterocycles. The first-order valence-corrected chi connectivity index (χ1v) is 6.87. The average Bonchev–Trinajstić information content (AvgIpc) is 3.29. The molecular formula is C15H22N2O2. The van der Waals surface area contributed by atoms with Crippen LogP contribution in [0.25, 0.3) is 0 Å². The van der Waals surface area contributed by atoms with Crippen LogP contribution >= 0.6 is 0 Å². The second-order valence-corrected chi connectivity index (χ2v) is 5.27. The van der Waals surface area contributed by atoms with Gasteiger partial charge in [0.15, 0.2) is 0 Å². The smallest absolute Gasteiger partial charge is 0.252 e. The lowest BCUT2D eigenvalue weighted by molar-refractivity contribution is -0.144. The SMILES string of the molecule is CCc1cnccc1CNC(=O)C(C)(OC)C1CC1. The van der Waals surface area contributed by atoms with Crippen LogP contribution in [0.3, 0.4) is 0 Å². The van der Waals surface area contributed by atoms with Crippen LogP contribution in [0.4, 0.5) is 0 Å². The Hall–Kier alpha value is -1.42. The van der Waals surface area contributed by atoms with Gasteiger partial charge in [-0.1, -0.05) is 6.92 Å². The fourth-order valence-corrected chi connectivity index (χ4v) is 2.38. The minimum absolute atomic E-state index is 0.0173. The molecule has 1 aromatic rings. The number of nitrogens with one attached hydrogen (secondary N) is 1. The van der Waals surface area contributed by atoms with Gasteiger partial charge in [0, 0.05) is 26.0 Å². The molecule has 1 aliphatic carbocycles. The molecule has 1 amide bonds. The summed E-state index contributed by atoms with van der Waals surface area (Å²) in [6.07, 6.45) is 6.69. The third-order valence-electron chi connectivity index (χ3n) is 4.06. The van der Waals surface area contributed by atoms with E-state index in [1.807, 2.05) is 19.2 Å². The third-order valence-corrected chi connectivity index (χ3v) is 4.06. The number of carbonyl (C=O) groups excluding carboxylic acids is 1. The summed E-state index contributed by atoms with van der Waals surface area (Å²) in [7, 11) is 1.61. The van der Waals surface area contributed by atoms with E-state index in [2.05, 4.69) is 17.2 Å². The number of rotatable bonds is 6. The van der Waals surface area contributed by atoms with Crippen LogP contribution in [-0.2, 0) is 22.5 Å². The normalized spacial score (nSPS) is 17.8. The Kier molecular flexibility index (Phi) is 4.20. The first kappa shape index (κ1) is 14.0. The lowest BCUT2D eigenvalue weighted by atomic mass is 9.98. The van der Waals surface area contributed by atoms with Gasteiger partial charge in [-0.25, -0.2) is 0 Å². The highest BCUT2D eigenvalue weighted by atomic mass is 16.5. The lowest BCUT2D eigenvalue weighted by Crippen LogP contribution is -2.47. The van der Waals surface area contributed by atoms with Gasteiger partial charge in [-0.2, -0.15) is 0 Å². The molecule has 104 valence electrons. The van der Waals surface area contributed by atoms with E-state index in [0.29, 0.717) is 12.5 Å². The zero-order valence-electron chi connectivity index (χ0n) is 11.9. The first-order valence-electron chi connectivity index (χ1n) is 6.87. The predicted molar refractivity (Wildman–Crippen MR) is 73.6 cm³/mol. The molecule has 0 radical (unpaired) electrons. The number of pyridine rings is 1. The van der Waals surface area contributed by atoms with Crippen LogP contribution in [-0.4, -0.2) is 23.6 Å². The van der Waals surface area contributed by atoms with E-state index in [1.54, 1.807) is 13.3 Å². The van der Waals surface area contributed by atoms with Crippen molar-refractivity contribution in [3.8, 4) is 0 Å². The monoisotopic (exact) mass is 262 g/mol. The molecule has 1 atom stereocenters. The van der Waals surface area contributed by atoms with Gasteiger partial charge >= 0.3 is 0 Å². The van der Waals surface area contributed by atoms with E-state index >= 15 is 0 Å². The zero-order valence-corrected chi connectivity index (χ0v) is 11.9. The standard InChI is InChI=1S/C15H22N2O2/c1-4-11-9-16-8-7-12(11)10-17-14(18)15(2,19-3)13-5-6-13/h7-9,13H,4-6,10H2,1-3H3,(H,17,18). The van der Waals surface area contributed by atoms with Crippen molar-refractivity contribution in [2.75, 3.05) is 7.11 Å². The van der Waals surface area contributed by atoms with Crippen molar-refractivity contribution in [1.82, 2.24) is 10.3 Å². The van der Waals surface area contributed by atoms with Crippen LogP contribution in [0.15, 0.2) is 18.5 Å². The largest absolute Gasteiger partial charge is 0.368 e. The molecule has 4 heteroatoms. The van der Waals surface area contributed by atoms with Gasteiger partial charge in [-0.05, 0) is 49.3 Å². The maximum Gasteiger partial charge on any atom is 0.252 e. The fourth-order valence-electron chi connectivity index (χ4n) is 2.38. The summed E-state index contributed by atoms with van der Waals surface area (Å²) in [5.41, 5.74) is 1.62. The molecule has 4 nitrogen and oxygen atoms in total. The van der Waals surface area contributed by atoms with Gasteiger partial charge in [-0.3, -0.25) is 9.78 Å². The molecule has 1 saturated carbocycles. The Balaban J connectivity index is 2.00. The summed E-state index contributed by atoms with van der Waals surface area (Å²) < 4.78 is 5.44. The van der Waals surface area contributed by atoms with Crippen LogP contribution in [0.1, 0.15) is 37.8 Å². The zero-order chi connectivity index (χ0) is 13.9. The van der Waals surface area contributed by atoms with Crippen LogP contribution < -0.4 is 5.32 Å². The number of ether oxygens (including phenoxy) is 1. The Morgan fingerprint density at radius 2 is 2.26 bits per heavy atom. The Morgan fingerprint density at radius 1 is 1.53 bits per heavy atom. The van der Waals surface area contributed by atoms with Crippen molar-refractivity contribution >= 4 is 5.91 Å². The maximum atomic E-state index is 12.3. The molecule has 1 aliphatic rings. The van der Waals surface area contributed by atoms with E-state index in [-0.39, 0.29) is 5.91 Å². The maximum absolute atomic E-state index is 12.3. The molecule has 1 heterocycles. The van der Waals surface area contributed by atoms with Crippen molar-refractivity contribution in [3.05, 3.63) is 29.6 Å². The number of hydrogen-bond acceptors (Lipinski definition) is 3. The molecule has 19 heavy (non-hydrogen) atoms. The Morgan fingerprint density at radius 3 is 2.84 bits per heavy atom. The van der Waals surface area contributed by atoms with Crippen LogP contribution in [0.2, 0.25) is 0 Å². The van der Waals surface area contributed by atoms with Gasteiger partial charge in [0.25, 0.3) is 5.91 Å². The minimum atomic E-state index is -0.681. The van der Waals surface area contributed by atoms with Crippen molar-refractivity contribution < 1.29 is 9.53 Å². The van der Waals surface area contributed by atoms with Crippen molar-refractivity contribution in [2.45, 2.75) is 45.3 Å². The van der Waals surface area contributed by atoms with Gasteiger partial charge in [-0.15, -0.1) is 0 Å². The molecular weight excluding hydrogens is 240 g/mol. The number of aromatic nitrogens is 1. The topological polar surface area (TPSA) is 51.2 Å². The average molecular weight is 262 g/mol. The van der Waals surface area contributed by atoms with E-state index < -0.39 is 5.60 Å². The highest BCUT2D eigenvalue weighted by Gasteiger charge is 2.47. The summed E-state index contributed by atoms with van der Waals surface area (Å²) >= 11 is 0. The van der Waals surface area contributed by atoms with Gasteiger partial charge in [0.05, 0.1) is 0 Å². The van der Waals surface area contributed by atoms with E-state index in [1.165, 1.54) is 5.56 Å². The summed E-state index contributed by atoms with van der Waals surface area (Å²) in [6, 6.07) is 1.96. The van der Waals surface area contributed by atoms with Crippen LogP contribution in [0.5, 0.6) is 0 Å². The molecule has 0 spiro atoms. The highest BCUT2D eigenvalue weighted by molar-refractivity contribution is 5.85. The Labute approximate surface area is 114 Å². The van der Waals surface area contributed by atoms with Crippen LogP contribution in [0, 0.1) is 5.92 Å². The van der Waals surface area contributed by atoms with Crippen molar-refractivity contribution in [2.24, 2.45) is 5.92 Å². The van der Waals surface area contributed by atoms with E-state index in [0.717, 1.165) is 24.8 Å². The summed E-state index contributed by atoms with van der Waals surface area (Å²) in [4.78, 5) is 16.4. The first-order chi connectivity index (χ1) is 9.11. The second-order valence-electron chi connectivity index (χ2n) is 5.27. The molecule has 0 saturated heterocycles. The molecule has 0 aromatic carbocycles. The number of carbonyl (C=O) groups is 1. The third kappa shape index (κ3) is 2.95. The van der Waals surface area contributed by atoms with Crippen molar-refractivity contribution in [3.63, 3.8) is 0 Å². The van der Waals surface area contributed by atoms with Gasteiger partial charge in [0.2, 0.25) is 0 Å². The Bertz CT molecular complexity index is 457. The number of methoxy groups -OCH3 is 1. The van der Waals surface area contributed by atoms with Gasteiger partial charge in [0.1, 0.15) is 5.60 Å². The molecule has 1 aromatic heterocycles. The molecule has 2 rings (SSSR count). The number of nitrogens with zero attached hydrogens (tertiary/aromatic N) is 1. The molecule has 1 fully saturated rings. The summed E-state index contributed by atoms with van der Waals surface area (Å²) in [6.45, 7) is 4.51. The van der Waals surface area contributed by atoms with E-state index in [9.17, 15) is 4.79 Å². The minimum Gasteiger partial charge on any atom is -0.368 e. The molecule has 1 N–H and O–H groups in total. The summed E-state index contributed by atoms with van der Waals surface area (Å²) in [5, 5.41) is 2.99. The quantitative estimate of drug-likeness (QED) is 0.854. The highest BCUT2D eigenvalue weighted by Crippen LogP contribution is 2.41. The van der Waals surface area contributed by atoms with Crippen molar-refractivity contribution in [1.29, 1.82) is 0 Å². The molecule has 1 unspecified atom stereocenters. The fraction of sp³-hybridized carbons (Fsp3) is 0.600. The molecule has 0 bridgehead atoms. The van der Waals surface area contributed by atoms with E-state index in [4.69, 9.17) is 4.74 Å². The second kappa shape index (κ2) is 5.70. The number of hydrogen-bond donors (Lipinski definition) is 1. The van der Waals surface area contributed by atoms with Gasteiger partial charge < -0.3 is 10.1 Å². The lowest BCUT2D eigenvalue weighted by Gasteiger charge is -2.26. The number of amides is 1.